The highest BCUT2D eigenvalue weighted by Crippen LogP contribution is 2.16. The van der Waals surface area contributed by atoms with Crippen LogP contribution < -0.4 is 5.32 Å². The van der Waals surface area contributed by atoms with Crippen LogP contribution in [0.3, 0.4) is 0 Å². The SMILES string of the molecule is CCOC(=O)C(C)(C)Nc1ccc(C)cc1. The predicted molar refractivity (Wildman–Crippen MR) is 65.5 cm³/mol. The number of carbonyl (C=O) groups is 1. The summed E-state index contributed by atoms with van der Waals surface area (Å²) in [5, 5.41) is 3.16. The van der Waals surface area contributed by atoms with Crippen molar-refractivity contribution in [3.63, 3.8) is 0 Å². The number of hydrogen-bond acceptors (Lipinski definition) is 3. The van der Waals surface area contributed by atoms with Gasteiger partial charge in [0.1, 0.15) is 5.54 Å². The van der Waals surface area contributed by atoms with E-state index in [0.29, 0.717) is 6.61 Å². The van der Waals surface area contributed by atoms with Gasteiger partial charge < -0.3 is 10.1 Å². The van der Waals surface area contributed by atoms with E-state index >= 15 is 0 Å². The van der Waals surface area contributed by atoms with E-state index in [-0.39, 0.29) is 5.97 Å². The number of esters is 1. The Morgan fingerprint density at radius 1 is 1.31 bits per heavy atom. The maximum absolute atomic E-state index is 11.7. The van der Waals surface area contributed by atoms with Crippen molar-refractivity contribution in [3.05, 3.63) is 29.8 Å². The van der Waals surface area contributed by atoms with Gasteiger partial charge in [-0.2, -0.15) is 0 Å². The highest BCUT2D eigenvalue weighted by molar-refractivity contribution is 5.83. The van der Waals surface area contributed by atoms with Gasteiger partial charge in [0.15, 0.2) is 0 Å². The highest BCUT2D eigenvalue weighted by atomic mass is 16.5. The van der Waals surface area contributed by atoms with Crippen molar-refractivity contribution in [1.29, 1.82) is 0 Å². The van der Waals surface area contributed by atoms with Gasteiger partial charge in [0.25, 0.3) is 0 Å². The Balaban J connectivity index is 2.72. The molecule has 0 aliphatic rings. The van der Waals surface area contributed by atoms with Gasteiger partial charge in [-0.1, -0.05) is 17.7 Å². The number of nitrogens with one attached hydrogen (secondary N) is 1. The second-order valence-electron chi connectivity index (χ2n) is 4.34. The van der Waals surface area contributed by atoms with E-state index in [1.54, 1.807) is 6.92 Å². The van der Waals surface area contributed by atoms with Crippen molar-refractivity contribution in [2.24, 2.45) is 0 Å². The summed E-state index contributed by atoms with van der Waals surface area (Å²) in [6.45, 7) is 7.85. The monoisotopic (exact) mass is 221 g/mol. The molecule has 0 saturated heterocycles. The number of benzene rings is 1. The molecule has 1 N–H and O–H groups in total. The Bertz CT molecular complexity index is 355. The summed E-state index contributed by atoms with van der Waals surface area (Å²) in [7, 11) is 0. The molecule has 0 radical (unpaired) electrons. The third kappa shape index (κ3) is 3.26. The van der Waals surface area contributed by atoms with E-state index in [1.165, 1.54) is 5.56 Å². The fraction of sp³-hybridized carbons (Fsp3) is 0.462. The van der Waals surface area contributed by atoms with E-state index in [4.69, 9.17) is 4.74 Å². The number of carbonyl (C=O) groups excluding carboxylic acids is 1. The zero-order valence-electron chi connectivity index (χ0n) is 10.3. The van der Waals surface area contributed by atoms with Gasteiger partial charge in [-0.3, -0.25) is 0 Å². The van der Waals surface area contributed by atoms with Crippen molar-refractivity contribution in [2.75, 3.05) is 11.9 Å². The molecule has 1 aromatic carbocycles. The normalized spacial score (nSPS) is 11.0. The van der Waals surface area contributed by atoms with E-state index in [0.717, 1.165) is 5.69 Å². The van der Waals surface area contributed by atoms with Crippen LogP contribution in [0.15, 0.2) is 24.3 Å². The van der Waals surface area contributed by atoms with E-state index in [9.17, 15) is 4.79 Å². The van der Waals surface area contributed by atoms with Crippen molar-refractivity contribution in [2.45, 2.75) is 33.2 Å². The molecule has 16 heavy (non-hydrogen) atoms. The number of rotatable bonds is 4. The van der Waals surface area contributed by atoms with Gasteiger partial charge in [-0.05, 0) is 39.8 Å². The van der Waals surface area contributed by atoms with Gasteiger partial charge in [0, 0.05) is 5.69 Å². The minimum Gasteiger partial charge on any atom is -0.464 e. The molecule has 0 fully saturated rings. The number of ether oxygens (including phenoxy) is 1. The average Bonchev–Trinajstić information content (AvgIpc) is 2.21. The van der Waals surface area contributed by atoms with Crippen LogP contribution in [0, 0.1) is 6.92 Å². The molecule has 0 saturated carbocycles. The molecule has 0 atom stereocenters. The minimum absolute atomic E-state index is 0.240. The van der Waals surface area contributed by atoms with Gasteiger partial charge in [0.2, 0.25) is 0 Å². The Hall–Kier alpha value is -1.51. The van der Waals surface area contributed by atoms with E-state index in [1.807, 2.05) is 45.0 Å². The lowest BCUT2D eigenvalue weighted by Gasteiger charge is -2.25. The molecule has 0 amide bonds. The summed E-state index contributed by atoms with van der Waals surface area (Å²) in [5.74, 6) is -0.240. The summed E-state index contributed by atoms with van der Waals surface area (Å²) >= 11 is 0. The quantitative estimate of drug-likeness (QED) is 0.794. The lowest BCUT2D eigenvalue weighted by molar-refractivity contribution is -0.147. The molecule has 1 aromatic rings. The molecule has 1 rings (SSSR count). The molecular weight excluding hydrogens is 202 g/mol. The van der Waals surface area contributed by atoms with Crippen LogP contribution in [0.1, 0.15) is 26.3 Å². The first-order chi connectivity index (χ1) is 7.45. The van der Waals surface area contributed by atoms with Crippen molar-refractivity contribution in [3.8, 4) is 0 Å². The standard InChI is InChI=1S/C13H19NO2/c1-5-16-12(15)13(3,4)14-11-8-6-10(2)7-9-11/h6-9,14H,5H2,1-4H3. The molecule has 0 aromatic heterocycles. The Kier molecular flexibility index (Phi) is 3.93. The van der Waals surface area contributed by atoms with Crippen LogP contribution in [0.25, 0.3) is 0 Å². The minimum atomic E-state index is -0.703. The van der Waals surface area contributed by atoms with Gasteiger partial charge in [-0.15, -0.1) is 0 Å². The van der Waals surface area contributed by atoms with Crippen LogP contribution in [0.2, 0.25) is 0 Å². The maximum Gasteiger partial charge on any atom is 0.331 e. The molecule has 0 aliphatic carbocycles. The molecule has 0 heterocycles. The number of aryl methyl sites for hydroxylation is 1. The second-order valence-corrected chi connectivity index (χ2v) is 4.34. The molecule has 0 unspecified atom stereocenters. The maximum atomic E-state index is 11.7. The van der Waals surface area contributed by atoms with E-state index in [2.05, 4.69) is 5.32 Å². The van der Waals surface area contributed by atoms with Crippen molar-refractivity contribution < 1.29 is 9.53 Å². The van der Waals surface area contributed by atoms with Gasteiger partial charge in [0.05, 0.1) is 6.61 Å². The first-order valence-electron chi connectivity index (χ1n) is 5.48. The number of anilines is 1. The summed E-state index contributed by atoms with van der Waals surface area (Å²) in [6, 6.07) is 7.92. The van der Waals surface area contributed by atoms with Crippen molar-refractivity contribution in [1.82, 2.24) is 0 Å². The van der Waals surface area contributed by atoms with Crippen LogP contribution in [0.5, 0.6) is 0 Å². The molecule has 88 valence electrons. The predicted octanol–water partition coefficient (Wildman–Crippen LogP) is 2.75. The lowest BCUT2D eigenvalue weighted by atomic mass is 10.1. The van der Waals surface area contributed by atoms with Crippen LogP contribution >= 0.6 is 0 Å². The van der Waals surface area contributed by atoms with Crippen molar-refractivity contribution >= 4 is 11.7 Å². The third-order valence-corrected chi connectivity index (χ3v) is 2.29. The average molecular weight is 221 g/mol. The Labute approximate surface area is 96.8 Å². The molecule has 0 aliphatic heterocycles. The molecular formula is C13H19NO2. The number of hydrogen-bond donors (Lipinski definition) is 1. The molecule has 3 heteroatoms. The topological polar surface area (TPSA) is 38.3 Å². The third-order valence-electron chi connectivity index (χ3n) is 2.29. The lowest BCUT2D eigenvalue weighted by Crippen LogP contribution is -2.41. The Morgan fingerprint density at radius 2 is 1.88 bits per heavy atom. The second kappa shape index (κ2) is 5.01. The Morgan fingerprint density at radius 3 is 2.38 bits per heavy atom. The van der Waals surface area contributed by atoms with Gasteiger partial charge >= 0.3 is 5.97 Å². The summed E-state index contributed by atoms with van der Waals surface area (Å²) in [6.07, 6.45) is 0. The zero-order valence-corrected chi connectivity index (χ0v) is 10.3. The first-order valence-corrected chi connectivity index (χ1v) is 5.48. The van der Waals surface area contributed by atoms with Crippen LogP contribution in [-0.4, -0.2) is 18.1 Å². The molecule has 0 spiro atoms. The van der Waals surface area contributed by atoms with Crippen LogP contribution in [0.4, 0.5) is 5.69 Å². The smallest absolute Gasteiger partial charge is 0.331 e. The largest absolute Gasteiger partial charge is 0.464 e. The van der Waals surface area contributed by atoms with Gasteiger partial charge in [-0.25, -0.2) is 4.79 Å². The zero-order chi connectivity index (χ0) is 12.2. The van der Waals surface area contributed by atoms with Crippen LogP contribution in [-0.2, 0) is 9.53 Å². The summed E-state index contributed by atoms with van der Waals surface area (Å²) < 4.78 is 5.00. The summed E-state index contributed by atoms with van der Waals surface area (Å²) in [4.78, 5) is 11.7. The molecule has 3 nitrogen and oxygen atoms in total. The summed E-state index contributed by atoms with van der Waals surface area (Å²) in [5.41, 5.74) is 1.41. The molecule has 0 bridgehead atoms. The highest BCUT2D eigenvalue weighted by Gasteiger charge is 2.28. The first kappa shape index (κ1) is 12.6. The fourth-order valence-corrected chi connectivity index (χ4v) is 1.36. The van der Waals surface area contributed by atoms with E-state index < -0.39 is 5.54 Å². The fourth-order valence-electron chi connectivity index (χ4n) is 1.36.